The van der Waals surface area contributed by atoms with E-state index in [1.807, 2.05) is 18.2 Å². The molecule has 0 radical (unpaired) electrons. The molecule has 142 valence electrons. The maximum atomic E-state index is 13.4. The van der Waals surface area contributed by atoms with Crippen LogP contribution in [-0.4, -0.2) is 44.8 Å². The first-order valence-electron chi connectivity index (χ1n) is 9.09. The number of hydrogen-bond acceptors (Lipinski definition) is 6. The summed E-state index contributed by atoms with van der Waals surface area (Å²) in [5.74, 6) is -0.235. The van der Waals surface area contributed by atoms with Gasteiger partial charge in [0, 0.05) is 18.3 Å². The first-order valence-corrected chi connectivity index (χ1v) is 9.09. The van der Waals surface area contributed by atoms with Crippen LogP contribution in [0.15, 0.2) is 36.7 Å². The zero-order valence-corrected chi connectivity index (χ0v) is 15.3. The smallest absolute Gasteiger partial charge is 0.288 e. The normalized spacial score (nSPS) is 17.1. The largest absolute Gasteiger partial charge is 0.330 e. The van der Waals surface area contributed by atoms with Crippen LogP contribution in [-0.2, 0) is 6.54 Å². The van der Waals surface area contributed by atoms with Crippen molar-refractivity contribution < 1.29 is 9.72 Å². The Morgan fingerprint density at radius 2 is 2.19 bits per heavy atom. The number of aryl methyl sites for hydroxylation is 1. The van der Waals surface area contributed by atoms with E-state index in [0.717, 1.165) is 38.0 Å². The first kappa shape index (κ1) is 18.9. The molecule has 0 spiro atoms. The number of carbonyl (C=O) groups is 1. The topological polar surface area (TPSA) is 101 Å². The van der Waals surface area contributed by atoms with Crippen molar-refractivity contribution in [1.29, 1.82) is 0 Å². The Balaban J connectivity index is 1.94. The predicted octanol–water partition coefficient (Wildman–Crippen LogP) is 2.48. The molecule has 0 saturated carbocycles. The molecule has 1 fully saturated rings. The highest BCUT2D eigenvalue weighted by molar-refractivity contribution is 5.96. The van der Waals surface area contributed by atoms with Gasteiger partial charge in [-0.2, -0.15) is 0 Å². The monoisotopic (exact) mass is 369 g/mol. The fourth-order valence-corrected chi connectivity index (χ4v) is 3.34. The molecule has 1 amide bonds. The lowest BCUT2D eigenvalue weighted by Crippen LogP contribution is -2.41. The minimum Gasteiger partial charge on any atom is -0.330 e. The van der Waals surface area contributed by atoms with Gasteiger partial charge in [-0.15, -0.1) is 0 Å². The number of carbonyl (C=O) groups excluding carboxylic acids is 1. The molecule has 0 aromatic carbocycles. The van der Waals surface area contributed by atoms with E-state index in [-0.39, 0.29) is 23.2 Å². The van der Waals surface area contributed by atoms with E-state index in [9.17, 15) is 14.9 Å². The maximum Gasteiger partial charge on any atom is 0.288 e. The van der Waals surface area contributed by atoms with Gasteiger partial charge >= 0.3 is 0 Å². The molecule has 1 atom stereocenters. The number of nitrogens with zero attached hydrogens (tertiary/aromatic N) is 4. The number of aromatic nitrogens is 2. The van der Waals surface area contributed by atoms with Crippen LogP contribution in [0.2, 0.25) is 0 Å². The molecule has 0 aliphatic carbocycles. The molecular formula is C19H23N5O3. The van der Waals surface area contributed by atoms with E-state index in [0.29, 0.717) is 12.2 Å². The average Bonchev–Trinajstić information content (AvgIpc) is 2.96. The van der Waals surface area contributed by atoms with Crippen LogP contribution in [0.1, 0.15) is 41.0 Å². The van der Waals surface area contributed by atoms with E-state index >= 15 is 0 Å². The molecule has 8 heteroatoms. The average molecular weight is 369 g/mol. The number of nitrogens with one attached hydrogen (secondary N) is 1. The summed E-state index contributed by atoms with van der Waals surface area (Å²) >= 11 is 0. The van der Waals surface area contributed by atoms with Gasteiger partial charge in [-0.05, 0) is 51.4 Å². The number of pyridine rings is 2. The van der Waals surface area contributed by atoms with Crippen LogP contribution in [0.25, 0.3) is 0 Å². The molecule has 1 unspecified atom stereocenters. The number of nitro groups is 1. The zero-order valence-electron chi connectivity index (χ0n) is 15.3. The zero-order chi connectivity index (χ0) is 19.2. The van der Waals surface area contributed by atoms with Crippen LogP contribution in [0, 0.1) is 17.0 Å². The van der Waals surface area contributed by atoms with Crippen LogP contribution >= 0.6 is 0 Å². The highest BCUT2D eigenvalue weighted by atomic mass is 16.6. The van der Waals surface area contributed by atoms with Crippen molar-refractivity contribution in [2.24, 2.45) is 0 Å². The van der Waals surface area contributed by atoms with E-state index < -0.39 is 4.92 Å². The quantitative estimate of drug-likeness (QED) is 0.642. The van der Waals surface area contributed by atoms with Crippen LogP contribution in [0.5, 0.6) is 0 Å². The standard InChI is InChI=1S/C19H23N5O3/c1-14-18(11-17(12-22-14)24(26)27)19(25)23(13-15-5-2-3-9-21-15)16-6-4-8-20-10-7-16/h2-3,5,9,11-12,16,20H,4,6-8,10,13H2,1H3. The molecule has 27 heavy (non-hydrogen) atoms. The molecule has 8 nitrogen and oxygen atoms in total. The number of amides is 1. The van der Waals surface area contributed by atoms with Crippen molar-refractivity contribution in [1.82, 2.24) is 20.2 Å². The van der Waals surface area contributed by atoms with Crippen molar-refractivity contribution in [3.8, 4) is 0 Å². The molecule has 1 N–H and O–H groups in total. The van der Waals surface area contributed by atoms with Crippen molar-refractivity contribution in [3.63, 3.8) is 0 Å². The minimum atomic E-state index is -0.526. The third-order valence-corrected chi connectivity index (χ3v) is 4.82. The summed E-state index contributed by atoms with van der Waals surface area (Å²) in [5.41, 5.74) is 1.38. The van der Waals surface area contributed by atoms with Gasteiger partial charge in [-0.25, -0.2) is 0 Å². The molecule has 3 rings (SSSR count). The SMILES string of the molecule is Cc1ncc([N+](=O)[O-])cc1C(=O)N(Cc1ccccn1)C1CCCNCC1. The van der Waals surface area contributed by atoms with Gasteiger partial charge < -0.3 is 10.2 Å². The third kappa shape index (κ3) is 4.65. The number of hydrogen-bond donors (Lipinski definition) is 1. The predicted molar refractivity (Wildman–Crippen MR) is 100 cm³/mol. The van der Waals surface area contributed by atoms with E-state index in [1.54, 1.807) is 18.0 Å². The lowest BCUT2D eigenvalue weighted by atomic mass is 10.0. The molecule has 2 aromatic rings. The molecule has 1 aliphatic heterocycles. The molecule has 0 bridgehead atoms. The Morgan fingerprint density at radius 3 is 2.93 bits per heavy atom. The maximum absolute atomic E-state index is 13.4. The van der Waals surface area contributed by atoms with Crippen LogP contribution in [0.3, 0.4) is 0 Å². The molecule has 1 saturated heterocycles. The summed E-state index contributed by atoms with van der Waals surface area (Å²) in [6.45, 7) is 3.83. The minimum absolute atomic E-state index is 0.0492. The van der Waals surface area contributed by atoms with Crippen molar-refractivity contribution in [2.75, 3.05) is 13.1 Å². The van der Waals surface area contributed by atoms with Gasteiger partial charge in [-0.3, -0.25) is 24.9 Å². The lowest BCUT2D eigenvalue weighted by Gasteiger charge is -2.31. The Morgan fingerprint density at radius 1 is 1.33 bits per heavy atom. The second-order valence-corrected chi connectivity index (χ2v) is 6.67. The summed E-state index contributed by atoms with van der Waals surface area (Å²) in [6, 6.07) is 6.98. The lowest BCUT2D eigenvalue weighted by molar-refractivity contribution is -0.385. The van der Waals surface area contributed by atoms with E-state index in [2.05, 4.69) is 15.3 Å². The van der Waals surface area contributed by atoms with Gasteiger partial charge in [0.1, 0.15) is 6.20 Å². The van der Waals surface area contributed by atoms with Gasteiger partial charge in [-0.1, -0.05) is 6.07 Å². The van der Waals surface area contributed by atoms with Gasteiger partial charge in [0.2, 0.25) is 0 Å². The van der Waals surface area contributed by atoms with Gasteiger partial charge in [0.05, 0.1) is 28.4 Å². The number of rotatable bonds is 5. The summed E-state index contributed by atoms with van der Waals surface area (Å²) in [5, 5.41) is 14.5. The Hall–Kier alpha value is -2.87. The first-order chi connectivity index (χ1) is 13.1. The van der Waals surface area contributed by atoms with E-state index in [1.165, 1.54) is 12.3 Å². The van der Waals surface area contributed by atoms with E-state index in [4.69, 9.17) is 0 Å². The molecule has 2 aromatic heterocycles. The van der Waals surface area contributed by atoms with Crippen molar-refractivity contribution >= 4 is 11.6 Å². The van der Waals surface area contributed by atoms with Crippen LogP contribution < -0.4 is 5.32 Å². The summed E-state index contributed by atoms with van der Waals surface area (Å²) < 4.78 is 0. The molecule has 1 aliphatic rings. The highest BCUT2D eigenvalue weighted by Gasteiger charge is 2.28. The summed E-state index contributed by atoms with van der Waals surface area (Å²) in [4.78, 5) is 34.2. The van der Waals surface area contributed by atoms with Crippen molar-refractivity contribution in [2.45, 2.75) is 38.8 Å². The second kappa shape index (κ2) is 8.68. The Bertz CT molecular complexity index is 804. The second-order valence-electron chi connectivity index (χ2n) is 6.67. The summed E-state index contributed by atoms with van der Waals surface area (Å²) in [6.07, 6.45) is 5.58. The highest BCUT2D eigenvalue weighted by Crippen LogP contribution is 2.22. The fourth-order valence-electron chi connectivity index (χ4n) is 3.34. The molecular weight excluding hydrogens is 346 g/mol. The Kier molecular flexibility index (Phi) is 6.08. The van der Waals surface area contributed by atoms with Crippen molar-refractivity contribution in [3.05, 3.63) is 63.7 Å². The summed E-state index contributed by atoms with van der Waals surface area (Å²) in [7, 11) is 0. The third-order valence-electron chi connectivity index (χ3n) is 4.82. The van der Waals surface area contributed by atoms with Crippen LogP contribution in [0.4, 0.5) is 5.69 Å². The molecule has 3 heterocycles. The van der Waals surface area contributed by atoms with Gasteiger partial charge in [0.25, 0.3) is 11.6 Å². The Labute approximate surface area is 157 Å². The van der Waals surface area contributed by atoms with Gasteiger partial charge in [0.15, 0.2) is 0 Å². The fraction of sp³-hybridized carbons (Fsp3) is 0.421.